The van der Waals surface area contributed by atoms with Gasteiger partial charge in [0.05, 0.1) is 11.3 Å². The molecule has 0 saturated carbocycles. The Hall–Kier alpha value is -2.76. The number of carboxylic acids is 1. The molecule has 0 aromatic heterocycles. The summed E-state index contributed by atoms with van der Waals surface area (Å²) < 4.78 is 26.6. The zero-order chi connectivity index (χ0) is 14.7. The number of hydrogen-bond donors (Lipinski definition) is 2. The van der Waals surface area contributed by atoms with E-state index in [0.29, 0.717) is 0 Å². The SMILES string of the molecule is O=C(O)c1ccc(NC(=O)c2cccc(F)c2)c(F)c1. The van der Waals surface area contributed by atoms with Crippen LogP contribution in [-0.4, -0.2) is 17.0 Å². The molecule has 0 aliphatic rings. The molecule has 2 aromatic carbocycles. The minimum atomic E-state index is -1.27. The van der Waals surface area contributed by atoms with Crippen molar-refractivity contribution in [3.63, 3.8) is 0 Å². The molecule has 0 aliphatic carbocycles. The van der Waals surface area contributed by atoms with Crippen molar-refractivity contribution in [2.45, 2.75) is 0 Å². The van der Waals surface area contributed by atoms with Gasteiger partial charge in [0.15, 0.2) is 0 Å². The van der Waals surface area contributed by atoms with E-state index in [4.69, 9.17) is 5.11 Å². The second kappa shape index (κ2) is 5.48. The lowest BCUT2D eigenvalue weighted by molar-refractivity contribution is 0.0696. The molecule has 20 heavy (non-hydrogen) atoms. The zero-order valence-electron chi connectivity index (χ0n) is 10.1. The smallest absolute Gasteiger partial charge is 0.335 e. The molecule has 102 valence electrons. The van der Waals surface area contributed by atoms with E-state index in [9.17, 15) is 18.4 Å². The van der Waals surface area contributed by atoms with Crippen LogP contribution in [0.1, 0.15) is 20.7 Å². The fourth-order valence-corrected chi connectivity index (χ4v) is 1.57. The van der Waals surface area contributed by atoms with Gasteiger partial charge in [0.25, 0.3) is 5.91 Å². The Morgan fingerprint density at radius 2 is 1.75 bits per heavy atom. The van der Waals surface area contributed by atoms with E-state index in [1.807, 2.05) is 0 Å². The first-order chi connectivity index (χ1) is 9.47. The molecule has 0 bridgehead atoms. The standard InChI is InChI=1S/C14H9F2NO3/c15-10-3-1-2-8(6-10)13(18)17-12-5-4-9(14(19)20)7-11(12)16/h1-7H,(H,17,18)(H,19,20). The van der Waals surface area contributed by atoms with E-state index in [2.05, 4.69) is 5.32 Å². The van der Waals surface area contributed by atoms with Crippen LogP contribution in [0.15, 0.2) is 42.5 Å². The summed E-state index contributed by atoms with van der Waals surface area (Å²) in [6.45, 7) is 0. The predicted molar refractivity (Wildman–Crippen MR) is 67.7 cm³/mol. The minimum Gasteiger partial charge on any atom is -0.478 e. The minimum absolute atomic E-state index is 0.0340. The number of carbonyl (C=O) groups is 2. The van der Waals surface area contributed by atoms with Gasteiger partial charge in [-0.3, -0.25) is 4.79 Å². The summed E-state index contributed by atoms with van der Waals surface area (Å²) in [5.41, 5.74) is -0.373. The molecule has 0 unspecified atom stereocenters. The van der Waals surface area contributed by atoms with E-state index in [1.165, 1.54) is 18.2 Å². The molecule has 4 nitrogen and oxygen atoms in total. The summed E-state index contributed by atoms with van der Waals surface area (Å²) in [4.78, 5) is 22.4. The van der Waals surface area contributed by atoms with Crippen molar-refractivity contribution < 1.29 is 23.5 Å². The number of halogens is 2. The van der Waals surface area contributed by atoms with Crippen molar-refractivity contribution in [1.29, 1.82) is 0 Å². The first-order valence-corrected chi connectivity index (χ1v) is 5.57. The molecule has 0 aliphatic heterocycles. The number of carbonyl (C=O) groups excluding carboxylic acids is 1. The number of carboxylic acid groups (broad SMARTS) is 1. The maximum Gasteiger partial charge on any atom is 0.335 e. The normalized spacial score (nSPS) is 10.1. The van der Waals surface area contributed by atoms with E-state index in [1.54, 1.807) is 0 Å². The van der Waals surface area contributed by atoms with E-state index in [0.717, 1.165) is 24.3 Å². The van der Waals surface area contributed by atoms with Crippen molar-refractivity contribution in [3.8, 4) is 0 Å². The molecular weight excluding hydrogens is 268 g/mol. The third kappa shape index (κ3) is 2.97. The van der Waals surface area contributed by atoms with Crippen LogP contribution in [0.2, 0.25) is 0 Å². The van der Waals surface area contributed by atoms with Gasteiger partial charge in [0.1, 0.15) is 11.6 Å². The van der Waals surface area contributed by atoms with Crippen LogP contribution >= 0.6 is 0 Å². The van der Waals surface area contributed by atoms with Crippen molar-refractivity contribution in [2.24, 2.45) is 0 Å². The molecule has 0 heterocycles. The molecule has 0 saturated heterocycles. The second-order valence-electron chi connectivity index (χ2n) is 3.96. The summed E-state index contributed by atoms with van der Waals surface area (Å²) in [6.07, 6.45) is 0. The second-order valence-corrected chi connectivity index (χ2v) is 3.96. The van der Waals surface area contributed by atoms with Gasteiger partial charge in [0.2, 0.25) is 0 Å². The maximum atomic E-state index is 13.6. The van der Waals surface area contributed by atoms with Gasteiger partial charge >= 0.3 is 5.97 Å². The fraction of sp³-hybridized carbons (Fsp3) is 0. The van der Waals surface area contributed by atoms with Gasteiger partial charge in [-0.2, -0.15) is 0 Å². The Kier molecular flexibility index (Phi) is 3.74. The predicted octanol–water partition coefficient (Wildman–Crippen LogP) is 2.92. The first-order valence-electron chi connectivity index (χ1n) is 5.57. The molecule has 0 spiro atoms. The lowest BCUT2D eigenvalue weighted by Crippen LogP contribution is -2.13. The van der Waals surface area contributed by atoms with Crippen LogP contribution in [-0.2, 0) is 0 Å². The van der Waals surface area contributed by atoms with Crippen LogP contribution < -0.4 is 5.32 Å². The van der Waals surface area contributed by atoms with Gasteiger partial charge in [-0.25, -0.2) is 13.6 Å². The van der Waals surface area contributed by atoms with Crippen LogP contribution in [0.4, 0.5) is 14.5 Å². The third-order valence-electron chi connectivity index (χ3n) is 2.55. The topological polar surface area (TPSA) is 66.4 Å². The lowest BCUT2D eigenvalue weighted by Gasteiger charge is -2.07. The van der Waals surface area contributed by atoms with E-state index in [-0.39, 0.29) is 16.8 Å². The Morgan fingerprint density at radius 1 is 1.00 bits per heavy atom. The first kappa shape index (κ1) is 13.7. The molecular formula is C14H9F2NO3. The number of amides is 1. The highest BCUT2D eigenvalue weighted by atomic mass is 19.1. The number of rotatable bonds is 3. The molecule has 2 N–H and O–H groups in total. The van der Waals surface area contributed by atoms with Crippen molar-refractivity contribution in [2.75, 3.05) is 5.32 Å². The Labute approximate surface area is 112 Å². The van der Waals surface area contributed by atoms with Gasteiger partial charge < -0.3 is 10.4 Å². The molecule has 6 heteroatoms. The number of nitrogens with one attached hydrogen (secondary N) is 1. The van der Waals surface area contributed by atoms with E-state index < -0.39 is 23.5 Å². The van der Waals surface area contributed by atoms with Gasteiger partial charge in [-0.15, -0.1) is 0 Å². The molecule has 0 fully saturated rings. The number of anilines is 1. The quantitative estimate of drug-likeness (QED) is 0.906. The summed E-state index contributed by atoms with van der Waals surface area (Å²) >= 11 is 0. The van der Waals surface area contributed by atoms with Crippen LogP contribution in [0.3, 0.4) is 0 Å². The largest absolute Gasteiger partial charge is 0.478 e. The zero-order valence-corrected chi connectivity index (χ0v) is 10.1. The highest BCUT2D eigenvalue weighted by Gasteiger charge is 2.12. The molecule has 0 atom stereocenters. The molecule has 0 radical (unpaired) electrons. The number of aromatic carboxylic acids is 1. The van der Waals surface area contributed by atoms with Gasteiger partial charge in [0, 0.05) is 5.56 Å². The summed E-state index contributed by atoms with van der Waals surface area (Å²) in [5.74, 6) is -3.42. The van der Waals surface area contributed by atoms with Crippen molar-refractivity contribution in [1.82, 2.24) is 0 Å². The highest BCUT2D eigenvalue weighted by molar-refractivity contribution is 6.04. The highest BCUT2D eigenvalue weighted by Crippen LogP contribution is 2.17. The van der Waals surface area contributed by atoms with Crippen LogP contribution in [0.5, 0.6) is 0 Å². The summed E-state index contributed by atoms with van der Waals surface area (Å²) in [5, 5.41) is 10.9. The maximum absolute atomic E-state index is 13.6. The fourth-order valence-electron chi connectivity index (χ4n) is 1.57. The van der Waals surface area contributed by atoms with Gasteiger partial charge in [-0.05, 0) is 36.4 Å². The third-order valence-corrected chi connectivity index (χ3v) is 2.55. The number of hydrogen-bond acceptors (Lipinski definition) is 2. The van der Waals surface area contributed by atoms with Gasteiger partial charge in [-0.1, -0.05) is 6.07 Å². The molecule has 2 rings (SSSR count). The molecule has 2 aromatic rings. The Balaban J connectivity index is 2.22. The van der Waals surface area contributed by atoms with Crippen molar-refractivity contribution in [3.05, 3.63) is 65.2 Å². The van der Waals surface area contributed by atoms with Crippen LogP contribution in [0, 0.1) is 11.6 Å². The van der Waals surface area contributed by atoms with Crippen molar-refractivity contribution >= 4 is 17.6 Å². The lowest BCUT2D eigenvalue weighted by atomic mass is 10.1. The molecule has 1 amide bonds. The Morgan fingerprint density at radius 3 is 2.35 bits per heavy atom. The average Bonchev–Trinajstić information content (AvgIpc) is 2.40. The van der Waals surface area contributed by atoms with Crippen LogP contribution in [0.25, 0.3) is 0 Å². The Bertz CT molecular complexity index is 686. The monoisotopic (exact) mass is 277 g/mol. The summed E-state index contributed by atoms with van der Waals surface area (Å²) in [6, 6.07) is 8.01. The number of benzene rings is 2. The average molecular weight is 277 g/mol. The summed E-state index contributed by atoms with van der Waals surface area (Å²) in [7, 11) is 0. The van der Waals surface area contributed by atoms with E-state index >= 15 is 0 Å².